The molecule has 0 aliphatic carbocycles. The quantitative estimate of drug-likeness (QED) is 0.609. The van der Waals surface area contributed by atoms with E-state index in [0.29, 0.717) is 5.02 Å². The van der Waals surface area contributed by atoms with Crippen LogP contribution in [-0.2, 0) is 0 Å². The fourth-order valence-corrected chi connectivity index (χ4v) is 2.06. The highest BCUT2D eigenvalue weighted by molar-refractivity contribution is 6.30. The van der Waals surface area contributed by atoms with Gasteiger partial charge in [-0.25, -0.2) is 4.40 Å². The van der Waals surface area contributed by atoms with Crippen LogP contribution in [0.2, 0.25) is 5.02 Å². The molecule has 0 aliphatic rings. The van der Waals surface area contributed by atoms with Gasteiger partial charge in [0.1, 0.15) is 12.4 Å². The van der Waals surface area contributed by atoms with Gasteiger partial charge in [0.15, 0.2) is 5.69 Å². The van der Waals surface area contributed by atoms with Crippen molar-refractivity contribution in [1.82, 2.24) is 4.98 Å². The summed E-state index contributed by atoms with van der Waals surface area (Å²) in [5.74, 6) is 0. The van der Waals surface area contributed by atoms with Crippen LogP contribution in [0.3, 0.4) is 0 Å². The lowest BCUT2D eigenvalue weighted by Crippen LogP contribution is -2.21. The third-order valence-corrected chi connectivity index (χ3v) is 3.12. The summed E-state index contributed by atoms with van der Waals surface area (Å²) < 4.78 is 1.92. The molecule has 2 heterocycles. The number of fused-ring (bicyclic) bond motifs is 1. The zero-order valence-electron chi connectivity index (χ0n) is 9.97. The SMILES string of the molecule is Cc1ccc(-c2cc[n+]3cc(Cl)ccc3n2)cc1. The number of halogens is 1. The Hall–Kier alpha value is -1.93. The fraction of sp³-hybridized carbons (Fsp3) is 0.0667. The van der Waals surface area contributed by atoms with Crippen LogP contribution in [0.5, 0.6) is 0 Å². The second-order valence-electron chi connectivity index (χ2n) is 4.29. The van der Waals surface area contributed by atoms with E-state index in [1.807, 2.05) is 35.0 Å². The first-order valence-electron chi connectivity index (χ1n) is 5.77. The van der Waals surface area contributed by atoms with Crippen molar-refractivity contribution >= 4 is 17.2 Å². The molecule has 0 aliphatic heterocycles. The third kappa shape index (κ3) is 2.07. The van der Waals surface area contributed by atoms with E-state index in [2.05, 4.69) is 36.2 Å². The number of rotatable bonds is 1. The van der Waals surface area contributed by atoms with Crippen molar-refractivity contribution in [3.8, 4) is 11.3 Å². The van der Waals surface area contributed by atoms with E-state index in [4.69, 9.17) is 11.6 Å². The van der Waals surface area contributed by atoms with Crippen molar-refractivity contribution in [2.75, 3.05) is 0 Å². The Morgan fingerprint density at radius 3 is 2.56 bits per heavy atom. The fourth-order valence-electron chi connectivity index (χ4n) is 1.89. The van der Waals surface area contributed by atoms with Gasteiger partial charge in [-0.1, -0.05) is 41.4 Å². The summed E-state index contributed by atoms with van der Waals surface area (Å²) >= 11 is 5.94. The number of hydrogen-bond acceptors (Lipinski definition) is 1. The van der Waals surface area contributed by atoms with E-state index in [1.165, 1.54) is 5.56 Å². The summed E-state index contributed by atoms with van der Waals surface area (Å²) in [4.78, 5) is 4.62. The maximum atomic E-state index is 5.94. The number of aryl methyl sites for hydroxylation is 1. The Labute approximate surface area is 111 Å². The Balaban J connectivity index is 2.13. The Morgan fingerprint density at radius 2 is 1.78 bits per heavy atom. The molecule has 0 atom stereocenters. The Morgan fingerprint density at radius 1 is 1.00 bits per heavy atom. The average Bonchev–Trinajstić information content (AvgIpc) is 2.39. The van der Waals surface area contributed by atoms with Gasteiger partial charge in [0.05, 0.1) is 5.02 Å². The van der Waals surface area contributed by atoms with Crippen molar-refractivity contribution in [1.29, 1.82) is 0 Å². The first kappa shape index (κ1) is 11.2. The smallest absolute Gasteiger partial charge is 0.202 e. The predicted octanol–water partition coefficient (Wildman–Crippen LogP) is 3.45. The van der Waals surface area contributed by atoms with Crippen LogP contribution in [0.25, 0.3) is 16.9 Å². The molecule has 0 radical (unpaired) electrons. The Bertz CT molecular complexity index is 705. The number of pyridine rings is 1. The predicted molar refractivity (Wildman–Crippen MR) is 72.6 cm³/mol. The van der Waals surface area contributed by atoms with E-state index in [-0.39, 0.29) is 0 Å². The van der Waals surface area contributed by atoms with E-state index < -0.39 is 0 Å². The topological polar surface area (TPSA) is 17.0 Å². The van der Waals surface area contributed by atoms with Crippen LogP contribution < -0.4 is 4.40 Å². The van der Waals surface area contributed by atoms with Crippen molar-refractivity contribution in [2.45, 2.75) is 6.92 Å². The molecule has 88 valence electrons. The van der Waals surface area contributed by atoms with Crippen LogP contribution >= 0.6 is 11.6 Å². The maximum absolute atomic E-state index is 5.94. The minimum absolute atomic E-state index is 0.706. The zero-order chi connectivity index (χ0) is 12.5. The number of hydrogen-bond donors (Lipinski definition) is 0. The number of aromatic nitrogens is 2. The largest absolute Gasteiger partial charge is 0.328 e. The molecule has 2 nitrogen and oxygen atoms in total. The second-order valence-corrected chi connectivity index (χ2v) is 4.73. The van der Waals surface area contributed by atoms with Crippen molar-refractivity contribution in [3.05, 3.63) is 65.4 Å². The first-order chi connectivity index (χ1) is 8.72. The molecule has 1 aromatic carbocycles. The third-order valence-electron chi connectivity index (χ3n) is 2.89. The van der Waals surface area contributed by atoms with Gasteiger partial charge in [-0.05, 0) is 18.0 Å². The summed E-state index contributed by atoms with van der Waals surface area (Å²) in [6.45, 7) is 2.08. The summed E-state index contributed by atoms with van der Waals surface area (Å²) in [7, 11) is 0. The van der Waals surface area contributed by atoms with Crippen LogP contribution in [0, 0.1) is 6.92 Å². The van der Waals surface area contributed by atoms with Crippen LogP contribution in [0.4, 0.5) is 0 Å². The molecule has 0 amide bonds. The normalized spacial score (nSPS) is 10.8. The maximum Gasteiger partial charge on any atom is 0.328 e. The lowest BCUT2D eigenvalue weighted by molar-refractivity contribution is -0.514. The molecule has 2 aromatic heterocycles. The van der Waals surface area contributed by atoms with Crippen LogP contribution in [0.1, 0.15) is 5.56 Å². The Kier molecular flexibility index (Phi) is 2.73. The average molecular weight is 256 g/mol. The molecule has 0 N–H and O–H groups in total. The lowest BCUT2D eigenvalue weighted by atomic mass is 10.1. The monoisotopic (exact) mass is 255 g/mol. The second kappa shape index (κ2) is 4.39. The zero-order valence-corrected chi connectivity index (χ0v) is 10.7. The molecule has 0 saturated heterocycles. The molecule has 0 unspecified atom stereocenters. The molecule has 3 aromatic rings. The molecule has 0 spiro atoms. The van der Waals surface area contributed by atoms with Gasteiger partial charge < -0.3 is 0 Å². The van der Waals surface area contributed by atoms with E-state index in [0.717, 1.165) is 16.9 Å². The summed E-state index contributed by atoms with van der Waals surface area (Å²) in [6.07, 6.45) is 3.83. The van der Waals surface area contributed by atoms with Gasteiger partial charge in [-0.15, -0.1) is 0 Å². The molecular weight excluding hydrogens is 244 g/mol. The summed E-state index contributed by atoms with van der Waals surface area (Å²) in [5.41, 5.74) is 4.23. The molecular formula is C15H12ClN2+. The van der Waals surface area contributed by atoms with Gasteiger partial charge in [0.2, 0.25) is 0 Å². The van der Waals surface area contributed by atoms with Crippen molar-refractivity contribution in [2.24, 2.45) is 0 Å². The standard InChI is InChI=1S/C15H12ClN2/c1-11-2-4-12(5-3-11)14-8-9-18-10-13(16)6-7-15(18)17-14/h2-10H,1H3/q+1. The molecule has 0 saturated carbocycles. The molecule has 18 heavy (non-hydrogen) atoms. The highest BCUT2D eigenvalue weighted by atomic mass is 35.5. The van der Waals surface area contributed by atoms with Gasteiger partial charge in [0.25, 0.3) is 0 Å². The van der Waals surface area contributed by atoms with Gasteiger partial charge in [-0.3, -0.25) is 0 Å². The van der Waals surface area contributed by atoms with Crippen molar-refractivity contribution < 1.29 is 4.40 Å². The molecule has 0 fully saturated rings. The number of nitrogens with zero attached hydrogens (tertiary/aromatic N) is 2. The van der Waals surface area contributed by atoms with Gasteiger partial charge >= 0.3 is 5.65 Å². The van der Waals surface area contributed by atoms with E-state index >= 15 is 0 Å². The minimum atomic E-state index is 0.706. The summed E-state index contributed by atoms with van der Waals surface area (Å²) in [5, 5.41) is 0.706. The summed E-state index contributed by atoms with van der Waals surface area (Å²) in [6, 6.07) is 14.1. The van der Waals surface area contributed by atoms with Crippen LogP contribution in [-0.4, -0.2) is 4.98 Å². The highest BCUT2D eigenvalue weighted by Gasteiger charge is 2.09. The van der Waals surface area contributed by atoms with E-state index in [9.17, 15) is 0 Å². The molecule has 0 bridgehead atoms. The van der Waals surface area contributed by atoms with Gasteiger partial charge in [-0.2, -0.15) is 0 Å². The number of benzene rings is 1. The first-order valence-corrected chi connectivity index (χ1v) is 6.15. The van der Waals surface area contributed by atoms with Crippen molar-refractivity contribution in [3.63, 3.8) is 0 Å². The van der Waals surface area contributed by atoms with Gasteiger partial charge in [0, 0.05) is 17.7 Å². The molecule has 3 heteroatoms. The highest BCUT2D eigenvalue weighted by Crippen LogP contribution is 2.17. The minimum Gasteiger partial charge on any atom is -0.202 e. The lowest BCUT2D eigenvalue weighted by Gasteiger charge is -1.98. The molecule has 3 rings (SSSR count). The van der Waals surface area contributed by atoms with Crippen LogP contribution in [0.15, 0.2) is 54.9 Å². The van der Waals surface area contributed by atoms with E-state index in [1.54, 1.807) is 0 Å².